The van der Waals surface area contributed by atoms with E-state index in [2.05, 4.69) is 4.98 Å². The minimum Gasteiger partial charge on any atom is -0.377 e. The molecular formula is C18H20F3N3O. The van der Waals surface area contributed by atoms with Crippen molar-refractivity contribution in [1.82, 2.24) is 9.88 Å². The smallest absolute Gasteiger partial charge is 0.253 e. The van der Waals surface area contributed by atoms with E-state index in [0.29, 0.717) is 13.0 Å². The molecule has 134 valence electrons. The number of hydrogen-bond donors (Lipinski definition) is 2. The zero-order valence-electron chi connectivity index (χ0n) is 14.1. The molecule has 7 heteroatoms. The van der Waals surface area contributed by atoms with Crippen molar-refractivity contribution in [2.45, 2.75) is 32.6 Å². The number of aryl methyl sites for hydroxylation is 1. The normalized spacial score (nSPS) is 18.4. The number of nitrogens with one attached hydrogen (secondary N) is 1. The molecule has 2 heterocycles. The van der Waals surface area contributed by atoms with E-state index in [9.17, 15) is 18.0 Å². The summed E-state index contributed by atoms with van der Waals surface area (Å²) in [6.45, 7) is 4.59. The van der Waals surface area contributed by atoms with Crippen LogP contribution < -0.4 is 5.73 Å². The van der Waals surface area contributed by atoms with Gasteiger partial charge in [0.1, 0.15) is 5.56 Å². The summed E-state index contributed by atoms with van der Waals surface area (Å²) in [4.78, 5) is 16.2. The number of benzene rings is 1. The summed E-state index contributed by atoms with van der Waals surface area (Å²) in [5.41, 5.74) is 4.58. The minimum absolute atomic E-state index is 0.0199. The quantitative estimate of drug-likeness (QED) is 0.886. The van der Waals surface area contributed by atoms with Crippen LogP contribution in [0.5, 0.6) is 0 Å². The lowest BCUT2D eigenvalue weighted by molar-refractivity contribution is 0.0997. The Bertz CT molecular complexity index is 873. The summed E-state index contributed by atoms with van der Waals surface area (Å²) in [5, 5.41) is -0.0717. The Morgan fingerprint density at radius 1 is 1.28 bits per heavy atom. The number of aromatic nitrogens is 1. The molecule has 1 aliphatic heterocycles. The largest absolute Gasteiger partial charge is 0.377 e. The molecular weight excluding hydrogens is 331 g/mol. The fourth-order valence-corrected chi connectivity index (χ4v) is 3.69. The van der Waals surface area contributed by atoms with Crippen molar-refractivity contribution in [2.24, 2.45) is 5.73 Å². The first-order valence-corrected chi connectivity index (χ1v) is 8.22. The summed E-state index contributed by atoms with van der Waals surface area (Å²) in [7, 11) is 0. The molecule has 1 atom stereocenters. The summed E-state index contributed by atoms with van der Waals surface area (Å²) in [6.07, 6.45) is 5.14. The van der Waals surface area contributed by atoms with Gasteiger partial charge in [0.05, 0.1) is 5.52 Å². The molecule has 1 fully saturated rings. The van der Waals surface area contributed by atoms with Crippen molar-refractivity contribution in [3.63, 3.8) is 0 Å². The van der Waals surface area contributed by atoms with E-state index in [1.165, 1.54) is 6.92 Å². The number of allylic oxidation sites excluding steroid dienone is 1. The highest BCUT2D eigenvalue weighted by molar-refractivity contribution is 6.06. The first-order valence-electron chi connectivity index (χ1n) is 8.22. The van der Waals surface area contributed by atoms with E-state index >= 15 is 0 Å². The molecule has 1 amide bonds. The van der Waals surface area contributed by atoms with E-state index in [1.54, 1.807) is 0 Å². The Kier molecular flexibility index (Phi) is 4.49. The molecule has 4 nitrogen and oxygen atoms in total. The molecule has 3 rings (SSSR count). The average Bonchev–Trinajstić information content (AvgIpc) is 2.84. The van der Waals surface area contributed by atoms with Crippen LogP contribution in [0.1, 0.15) is 47.3 Å². The molecule has 1 aromatic carbocycles. The Morgan fingerprint density at radius 2 is 2.00 bits per heavy atom. The third kappa shape index (κ3) is 2.77. The van der Waals surface area contributed by atoms with E-state index in [0.717, 1.165) is 13.0 Å². The number of aromatic amines is 1. The monoisotopic (exact) mass is 351 g/mol. The number of fused-ring (bicyclic) bond motifs is 1. The maximum Gasteiger partial charge on any atom is 0.253 e. The number of primary amides is 1. The molecule has 0 spiro atoms. The van der Waals surface area contributed by atoms with Gasteiger partial charge in [-0.2, -0.15) is 0 Å². The Hall–Kier alpha value is -2.44. The fourth-order valence-electron chi connectivity index (χ4n) is 3.69. The van der Waals surface area contributed by atoms with Crippen molar-refractivity contribution >= 4 is 16.8 Å². The third-order valence-corrected chi connectivity index (χ3v) is 4.75. The maximum absolute atomic E-state index is 14.8. The van der Waals surface area contributed by atoms with Crippen LogP contribution >= 0.6 is 0 Å². The number of hydrogen-bond acceptors (Lipinski definition) is 2. The number of nitrogens with two attached hydrogens (primary N) is 1. The van der Waals surface area contributed by atoms with E-state index in [4.69, 9.17) is 5.73 Å². The Morgan fingerprint density at radius 3 is 2.64 bits per heavy atom. The number of carbonyl (C=O) groups is 1. The number of nitrogens with zero attached hydrogens (tertiary/aromatic N) is 1. The molecule has 3 N–H and O–H groups in total. The van der Waals surface area contributed by atoms with Crippen molar-refractivity contribution in [2.75, 3.05) is 13.1 Å². The second-order valence-corrected chi connectivity index (χ2v) is 6.41. The number of likely N-dealkylation sites (tertiary alicyclic amines) is 1. The summed E-state index contributed by atoms with van der Waals surface area (Å²) in [6, 6.07) is 0. The molecule has 2 aromatic rings. The number of H-pyrrole nitrogens is 1. The van der Waals surface area contributed by atoms with Gasteiger partial charge in [0, 0.05) is 35.7 Å². The number of amides is 1. The second kappa shape index (κ2) is 6.46. The van der Waals surface area contributed by atoms with Gasteiger partial charge in [-0.3, -0.25) is 4.79 Å². The second-order valence-electron chi connectivity index (χ2n) is 6.41. The van der Waals surface area contributed by atoms with E-state index in [-0.39, 0.29) is 28.1 Å². The van der Waals surface area contributed by atoms with Gasteiger partial charge in [-0.15, -0.1) is 0 Å². The number of halogens is 3. The molecule has 1 aliphatic rings. The number of carbonyl (C=O) groups excluding carboxylic acids is 1. The topological polar surface area (TPSA) is 62.1 Å². The van der Waals surface area contributed by atoms with Crippen LogP contribution in [0.3, 0.4) is 0 Å². The van der Waals surface area contributed by atoms with Crippen LogP contribution in [0.15, 0.2) is 12.3 Å². The number of rotatable bonds is 3. The van der Waals surface area contributed by atoms with Crippen molar-refractivity contribution in [3.05, 3.63) is 46.5 Å². The highest BCUT2D eigenvalue weighted by Gasteiger charge is 2.32. The lowest BCUT2D eigenvalue weighted by Gasteiger charge is -2.32. The van der Waals surface area contributed by atoms with Crippen LogP contribution in [0.2, 0.25) is 0 Å². The fraction of sp³-hybridized carbons (Fsp3) is 0.389. The zero-order valence-corrected chi connectivity index (χ0v) is 14.1. The van der Waals surface area contributed by atoms with Gasteiger partial charge in [0.2, 0.25) is 0 Å². The third-order valence-electron chi connectivity index (χ3n) is 4.75. The van der Waals surface area contributed by atoms with Crippen LogP contribution in [0, 0.1) is 24.4 Å². The first-order chi connectivity index (χ1) is 11.9. The summed E-state index contributed by atoms with van der Waals surface area (Å²) < 4.78 is 44.1. The Balaban J connectivity index is 2.26. The van der Waals surface area contributed by atoms with Gasteiger partial charge in [0.25, 0.3) is 5.91 Å². The predicted molar refractivity (Wildman–Crippen MR) is 89.8 cm³/mol. The van der Waals surface area contributed by atoms with Crippen LogP contribution in [0.25, 0.3) is 10.9 Å². The summed E-state index contributed by atoms with van der Waals surface area (Å²) >= 11 is 0. The van der Waals surface area contributed by atoms with E-state index in [1.807, 2.05) is 24.1 Å². The zero-order chi connectivity index (χ0) is 18.3. The van der Waals surface area contributed by atoms with Gasteiger partial charge in [-0.25, -0.2) is 13.2 Å². The standard InChI is InChI=1S/C18H20F3N3O/c1-3-6-24-7-4-5-10(8-24)11-12-14(19)9(2)23-17(12)13(18(22)25)16(21)15(11)20/h3,6,10,23H,4-5,7-8H2,1-2H3,(H2,22,25). The molecule has 0 aliphatic carbocycles. The van der Waals surface area contributed by atoms with Crippen LogP contribution in [-0.2, 0) is 0 Å². The van der Waals surface area contributed by atoms with Crippen LogP contribution in [-0.4, -0.2) is 28.9 Å². The first kappa shape index (κ1) is 17.4. The minimum atomic E-state index is -1.32. The molecule has 25 heavy (non-hydrogen) atoms. The van der Waals surface area contributed by atoms with Gasteiger partial charge in [-0.05, 0) is 32.9 Å². The van der Waals surface area contributed by atoms with Crippen molar-refractivity contribution in [3.8, 4) is 0 Å². The molecule has 0 bridgehead atoms. The maximum atomic E-state index is 14.8. The highest BCUT2D eigenvalue weighted by Crippen LogP contribution is 2.39. The van der Waals surface area contributed by atoms with E-state index < -0.39 is 28.9 Å². The average molecular weight is 351 g/mol. The van der Waals surface area contributed by atoms with Crippen LogP contribution in [0.4, 0.5) is 13.2 Å². The molecule has 0 saturated carbocycles. The number of piperidine rings is 1. The molecule has 0 radical (unpaired) electrons. The van der Waals surface area contributed by atoms with Gasteiger partial charge in [0.15, 0.2) is 17.5 Å². The Labute approximate surface area is 143 Å². The SMILES string of the molecule is CC=CN1CCCC(c2c(F)c(F)c(C(N)=O)c3[nH]c(C)c(F)c23)C1. The highest BCUT2D eigenvalue weighted by atomic mass is 19.2. The van der Waals surface area contributed by atoms with Crippen molar-refractivity contribution < 1.29 is 18.0 Å². The predicted octanol–water partition coefficient (Wildman–Crippen LogP) is 3.71. The summed E-state index contributed by atoms with van der Waals surface area (Å²) in [5.74, 6) is -4.69. The lowest BCUT2D eigenvalue weighted by Crippen LogP contribution is -2.31. The molecule has 1 saturated heterocycles. The molecule has 1 aromatic heterocycles. The van der Waals surface area contributed by atoms with Gasteiger partial charge < -0.3 is 15.6 Å². The van der Waals surface area contributed by atoms with Gasteiger partial charge in [-0.1, -0.05) is 6.08 Å². The molecule has 1 unspecified atom stereocenters. The lowest BCUT2D eigenvalue weighted by atomic mass is 9.86. The van der Waals surface area contributed by atoms with Gasteiger partial charge >= 0.3 is 0 Å². The van der Waals surface area contributed by atoms with Crippen molar-refractivity contribution in [1.29, 1.82) is 0 Å².